The molecule has 0 atom stereocenters. The fourth-order valence-electron chi connectivity index (χ4n) is 2.64. The Kier molecular flexibility index (Phi) is 5.80. The Bertz CT molecular complexity index is 622. The highest BCUT2D eigenvalue weighted by Crippen LogP contribution is 2.29. The van der Waals surface area contributed by atoms with E-state index in [4.69, 9.17) is 22.1 Å². The summed E-state index contributed by atoms with van der Waals surface area (Å²) >= 11 is 6.12. The van der Waals surface area contributed by atoms with Crippen molar-refractivity contribution in [2.24, 2.45) is 11.1 Å². The number of amides is 2. The molecule has 1 saturated heterocycles. The quantitative estimate of drug-likeness (QED) is 0.808. The third kappa shape index (κ3) is 4.33. The Morgan fingerprint density at radius 1 is 1.35 bits per heavy atom. The van der Waals surface area contributed by atoms with E-state index >= 15 is 0 Å². The zero-order valence-electron chi connectivity index (χ0n) is 13.1. The van der Waals surface area contributed by atoms with Crippen LogP contribution in [0, 0.1) is 5.41 Å². The number of hydrogen-bond donors (Lipinski definition) is 2. The maximum Gasteiger partial charge on any atom is 0.244 e. The van der Waals surface area contributed by atoms with Crippen LogP contribution in [0.4, 0.5) is 0 Å². The summed E-state index contributed by atoms with van der Waals surface area (Å²) < 4.78 is 5.27. The van der Waals surface area contributed by atoms with Crippen molar-refractivity contribution in [2.45, 2.75) is 19.8 Å². The van der Waals surface area contributed by atoms with Gasteiger partial charge >= 0.3 is 0 Å². The van der Waals surface area contributed by atoms with Gasteiger partial charge < -0.3 is 15.8 Å². The van der Waals surface area contributed by atoms with Crippen LogP contribution >= 0.6 is 11.6 Å². The molecule has 1 fully saturated rings. The molecule has 0 aromatic heterocycles. The molecule has 0 aliphatic carbocycles. The molecule has 0 unspecified atom stereocenters. The smallest absolute Gasteiger partial charge is 0.244 e. The van der Waals surface area contributed by atoms with E-state index in [2.05, 4.69) is 5.32 Å². The summed E-state index contributed by atoms with van der Waals surface area (Å²) in [6.07, 6.45) is 2.53. The highest BCUT2D eigenvalue weighted by atomic mass is 35.5. The Hall–Kier alpha value is -1.85. The van der Waals surface area contributed by atoms with Crippen molar-refractivity contribution in [1.29, 1.82) is 0 Å². The van der Waals surface area contributed by atoms with Crippen molar-refractivity contribution < 1.29 is 14.3 Å². The number of nitrogens with two attached hydrogens (primary N) is 1. The Labute approximate surface area is 140 Å². The molecule has 3 N–H and O–H groups in total. The lowest BCUT2D eigenvalue weighted by molar-refractivity contribution is -0.133. The largest absolute Gasteiger partial charge is 0.381 e. The first kappa shape index (κ1) is 17.5. The molecule has 1 heterocycles. The third-order valence-corrected chi connectivity index (χ3v) is 4.55. The first-order chi connectivity index (χ1) is 10.9. The van der Waals surface area contributed by atoms with Gasteiger partial charge in [-0.1, -0.05) is 29.8 Å². The van der Waals surface area contributed by atoms with Gasteiger partial charge in [-0.3, -0.25) is 9.59 Å². The molecule has 23 heavy (non-hydrogen) atoms. The van der Waals surface area contributed by atoms with Gasteiger partial charge in [0.2, 0.25) is 11.8 Å². The minimum Gasteiger partial charge on any atom is -0.381 e. The van der Waals surface area contributed by atoms with Crippen molar-refractivity contribution in [3.63, 3.8) is 0 Å². The van der Waals surface area contributed by atoms with Gasteiger partial charge in [-0.05, 0) is 37.0 Å². The topological polar surface area (TPSA) is 81.4 Å². The van der Waals surface area contributed by atoms with Gasteiger partial charge in [0, 0.05) is 30.9 Å². The van der Waals surface area contributed by atoms with Crippen LogP contribution in [0.2, 0.25) is 5.02 Å². The molecule has 2 amide bonds. The summed E-state index contributed by atoms with van der Waals surface area (Å²) in [6, 6.07) is 7.32. The second-order valence-electron chi connectivity index (χ2n) is 5.78. The number of halogens is 1. The second-order valence-corrected chi connectivity index (χ2v) is 6.19. The van der Waals surface area contributed by atoms with Crippen LogP contribution in [0.15, 0.2) is 30.3 Å². The Balaban J connectivity index is 2.03. The average molecular weight is 337 g/mol. The molecule has 124 valence electrons. The van der Waals surface area contributed by atoms with Crippen LogP contribution in [0.25, 0.3) is 5.57 Å². The molecular weight excluding hydrogens is 316 g/mol. The highest BCUT2D eigenvalue weighted by molar-refractivity contribution is 6.32. The Morgan fingerprint density at radius 2 is 2.00 bits per heavy atom. The van der Waals surface area contributed by atoms with E-state index in [0.717, 1.165) is 11.1 Å². The van der Waals surface area contributed by atoms with Crippen molar-refractivity contribution in [3.05, 3.63) is 40.9 Å². The average Bonchev–Trinajstić information content (AvgIpc) is 2.54. The van der Waals surface area contributed by atoms with Crippen molar-refractivity contribution in [1.82, 2.24) is 5.32 Å². The summed E-state index contributed by atoms with van der Waals surface area (Å²) in [5, 5.41) is 3.37. The third-order valence-electron chi connectivity index (χ3n) is 4.22. The molecule has 0 spiro atoms. The van der Waals surface area contributed by atoms with Crippen LogP contribution in [-0.4, -0.2) is 31.6 Å². The van der Waals surface area contributed by atoms with E-state index in [0.29, 0.717) is 31.1 Å². The summed E-state index contributed by atoms with van der Waals surface area (Å²) in [6.45, 7) is 3.00. The van der Waals surface area contributed by atoms with Crippen molar-refractivity contribution in [2.75, 3.05) is 19.8 Å². The van der Waals surface area contributed by atoms with Crippen LogP contribution in [0.1, 0.15) is 25.3 Å². The molecule has 0 bridgehead atoms. The number of primary amides is 1. The summed E-state index contributed by atoms with van der Waals surface area (Å²) in [5.74, 6) is -0.664. The fraction of sp³-hybridized carbons (Fsp3) is 0.412. The zero-order chi connectivity index (χ0) is 16.9. The van der Waals surface area contributed by atoms with E-state index < -0.39 is 11.3 Å². The van der Waals surface area contributed by atoms with Crippen LogP contribution < -0.4 is 11.1 Å². The van der Waals surface area contributed by atoms with Crippen molar-refractivity contribution >= 4 is 29.0 Å². The normalized spacial score (nSPS) is 17.6. The predicted molar refractivity (Wildman–Crippen MR) is 89.8 cm³/mol. The van der Waals surface area contributed by atoms with E-state index in [-0.39, 0.29) is 12.5 Å². The number of nitrogens with one attached hydrogen (secondary N) is 1. The monoisotopic (exact) mass is 336 g/mol. The molecule has 5 nitrogen and oxygen atoms in total. The SMILES string of the molecule is CC(=CC(=O)NCC1(C(N)=O)CCOCC1)c1ccccc1Cl. The van der Waals surface area contributed by atoms with Crippen LogP contribution in [0.5, 0.6) is 0 Å². The first-order valence-corrected chi connectivity index (χ1v) is 7.91. The van der Waals surface area contributed by atoms with E-state index in [1.807, 2.05) is 25.1 Å². The minimum absolute atomic E-state index is 0.219. The predicted octanol–water partition coefficient (Wildman–Crippen LogP) is 2.14. The first-order valence-electron chi connectivity index (χ1n) is 7.53. The summed E-state index contributed by atoms with van der Waals surface area (Å²) in [7, 11) is 0. The Morgan fingerprint density at radius 3 is 2.61 bits per heavy atom. The number of allylic oxidation sites excluding steroid dienone is 1. The maximum absolute atomic E-state index is 12.1. The lowest BCUT2D eigenvalue weighted by Gasteiger charge is -2.34. The molecule has 1 aliphatic heterocycles. The lowest BCUT2D eigenvalue weighted by atomic mass is 9.79. The number of carbonyl (C=O) groups is 2. The number of hydrogen-bond acceptors (Lipinski definition) is 3. The molecule has 1 aliphatic rings. The van der Waals surface area contributed by atoms with Gasteiger partial charge in [0.05, 0.1) is 5.41 Å². The number of benzene rings is 1. The highest BCUT2D eigenvalue weighted by Gasteiger charge is 2.38. The molecule has 1 aromatic rings. The molecule has 1 aromatic carbocycles. The van der Waals surface area contributed by atoms with Gasteiger partial charge in [-0.25, -0.2) is 0 Å². The maximum atomic E-state index is 12.1. The molecular formula is C17H21ClN2O3. The van der Waals surface area contributed by atoms with Crippen molar-refractivity contribution in [3.8, 4) is 0 Å². The second kappa shape index (κ2) is 7.62. The standard InChI is InChI=1S/C17H21ClN2O3/c1-12(13-4-2-3-5-14(13)18)10-15(21)20-11-17(16(19)22)6-8-23-9-7-17/h2-5,10H,6-9,11H2,1H3,(H2,19,22)(H,20,21). The number of ether oxygens (including phenoxy) is 1. The van der Waals surface area contributed by atoms with Gasteiger partial charge in [-0.15, -0.1) is 0 Å². The number of carbonyl (C=O) groups excluding carboxylic acids is 2. The van der Waals surface area contributed by atoms with Gasteiger partial charge in [0.15, 0.2) is 0 Å². The van der Waals surface area contributed by atoms with Crippen LogP contribution in [0.3, 0.4) is 0 Å². The summed E-state index contributed by atoms with van der Waals surface area (Å²) in [4.78, 5) is 23.9. The molecule has 0 radical (unpaired) electrons. The van der Waals surface area contributed by atoms with E-state index in [9.17, 15) is 9.59 Å². The molecule has 2 rings (SSSR count). The van der Waals surface area contributed by atoms with Gasteiger partial charge in [-0.2, -0.15) is 0 Å². The molecule has 0 saturated carbocycles. The summed E-state index contributed by atoms with van der Waals surface area (Å²) in [5.41, 5.74) is 6.36. The molecule has 6 heteroatoms. The van der Waals surface area contributed by atoms with Gasteiger partial charge in [0.1, 0.15) is 0 Å². The minimum atomic E-state index is -0.722. The fourth-order valence-corrected chi connectivity index (χ4v) is 2.92. The van der Waals surface area contributed by atoms with E-state index in [1.165, 1.54) is 6.08 Å². The number of rotatable bonds is 5. The zero-order valence-corrected chi connectivity index (χ0v) is 13.9. The lowest BCUT2D eigenvalue weighted by Crippen LogP contribution is -2.49. The van der Waals surface area contributed by atoms with Crippen LogP contribution in [-0.2, 0) is 14.3 Å². The van der Waals surface area contributed by atoms with Gasteiger partial charge in [0.25, 0.3) is 0 Å². The van der Waals surface area contributed by atoms with E-state index in [1.54, 1.807) is 6.07 Å².